The molecule has 2 aliphatic rings. The van der Waals surface area contributed by atoms with E-state index in [0.29, 0.717) is 12.0 Å². The lowest BCUT2D eigenvalue weighted by Gasteiger charge is -2.12. The first kappa shape index (κ1) is 10.1. The number of carboxylic acids is 1. The van der Waals surface area contributed by atoms with Crippen LogP contribution in [0.5, 0.6) is 0 Å². The topological polar surface area (TPSA) is 61.7 Å². The number of aliphatic imine (C=N–C) groups is 1. The van der Waals surface area contributed by atoms with Crippen LogP contribution in [0, 0.1) is 0 Å². The number of nitrogens with zero attached hydrogens (tertiary/aromatic N) is 1. The monoisotopic (exact) mass is 228 g/mol. The molecular weight excluding hydrogens is 216 g/mol. The van der Waals surface area contributed by atoms with Crippen molar-refractivity contribution in [3.63, 3.8) is 0 Å². The highest BCUT2D eigenvalue weighted by Gasteiger charge is 2.22. The van der Waals surface area contributed by atoms with Gasteiger partial charge in [0.2, 0.25) is 0 Å². The molecule has 0 saturated heterocycles. The minimum absolute atomic E-state index is 0.381. The number of nitrogens with one attached hydrogen (secondary N) is 1. The Bertz CT molecular complexity index is 559. The highest BCUT2D eigenvalue weighted by atomic mass is 16.4. The number of rotatable bonds is 1. The summed E-state index contributed by atoms with van der Waals surface area (Å²) in [5, 5.41) is 12.5. The first-order valence-electron chi connectivity index (χ1n) is 5.61. The Labute approximate surface area is 98.7 Å². The Morgan fingerprint density at radius 1 is 1.41 bits per heavy atom. The average Bonchev–Trinajstić information content (AvgIpc) is 2.64. The fourth-order valence-corrected chi connectivity index (χ4v) is 2.47. The standard InChI is InChI=1S/C13H12N2O2/c16-13(17)11-7-12-10(3-6-15-12)8-1-4-14-5-2-9(8)11/h1,4-5,7,15H,2-3,6H2,(H,16,17). The summed E-state index contributed by atoms with van der Waals surface area (Å²) in [5.41, 5.74) is 4.45. The fourth-order valence-electron chi connectivity index (χ4n) is 2.47. The van der Waals surface area contributed by atoms with Crippen LogP contribution in [0.25, 0.3) is 6.08 Å². The quantitative estimate of drug-likeness (QED) is 0.772. The zero-order valence-electron chi connectivity index (χ0n) is 9.23. The lowest BCUT2D eigenvalue weighted by molar-refractivity contribution is 0.0696. The van der Waals surface area contributed by atoms with Crippen LogP contribution in [0.4, 0.5) is 5.69 Å². The summed E-state index contributed by atoms with van der Waals surface area (Å²) in [4.78, 5) is 15.4. The molecule has 0 radical (unpaired) electrons. The number of fused-ring (bicyclic) bond motifs is 3. The maximum atomic E-state index is 11.3. The summed E-state index contributed by atoms with van der Waals surface area (Å²) in [5.74, 6) is -0.874. The fraction of sp³-hybridized carbons (Fsp3) is 0.231. The van der Waals surface area contributed by atoms with E-state index in [-0.39, 0.29) is 0 Å². The van der Waals surface area contributed by atoms with Gasteiger partial charge in [-0.25, -0.2) is 4.79 Å². The molecule has 17 heavy (non-hydrogen) atoms. The molecule has 2 heterocycles. The summed E-state index contributed by atoms with van der Waals surface area (Å²) in [6, 6.07) is 1.75. The lowest BCUT2D eigenvalue weighted by Crippen LogP contribution is -2.07. The van der Waals surface area contributed by atoms with Gasteiger partial charge in [-0.2, -0.15) is 0 Å². The van der Waals surface area contributed by atoms with Crippen molar-refractivity contribution in [3.05, 3.63) is 34.5 Å². The Morgan fingerprint density at radius 2 is 2.29 bits per heavy atom. The molecule has 4 nitrogen and oxygen atoms in total. The summed E-state index contributed by atoms with van der Waals surface area (Å²) < 4.78 is 0. The molecule has 0 spiro atoms. The van der Waals surface area contributed by atoms with E-state index in [1.807, 2.05) is 6.08 Å². The third-order valence-electron chi connectivity index (χ3n) is 3.24. The Balaban J connectivity index is 2.30. The van der Waals surface area contributed by atoms with E-state index in [1.165, 1.54) is 5.56 Å². The zero-order chi connectivity index (χ0) is 11.8. The van der Waals surface area contributed by atoms with E-state index >= 15 is 0 Å². The number of benzene rings is 1. The number of hydrogen-bond donors (Lipinski definition) is 2. The Morgan fingerprint density at radius 3 is 3.12 bits per heavy atom. The van der Waals surface area contributed by atoms with Crippen molar-refractivity contribution in [3.8, 4) is 0 Å². The average molecular weight is 228 g/mol. The van der Waals surface area contributed by atoms with Gasteiger partial charge in [-0.1, -0.05) is 0 Å². The van der Waals surface area contributed by atoms with Crippen molar-refractivity contribution in [2.45, 2.75) is 12.8 Å². The van der Waals surface area contributed by atoms with Crippen LogP contribution in [0.1, 0.15) is 27.0 Å². The van der Waals surface area contributed by atoms with Crippen molar-refractivity contribution in [1.29, 1.82) is 0 Å². The summed E-state index contributed by atoms with van der Waals surface area (Å²) in [6.07, 6.45) is 6.93. The smallest absolute Gasteiger partial charge is 0.336 e. The third-order valence-corrected chi connectivity index (χ3v) is 3.24. The van der Waals surface area contributed by atoms with Gasteiger partial charge < -0.3 is 10.4 Å². The van der Waals surface area contributed by atoms with Crippen LogP contribution in [0.3, 0.4) is 0 Å². The van der Waals surface area contributed by atoms with E-state index < -0.39 is 5.97 Å². The second-order valence-electron chi connectivity index (χ2n) is 4.18. The molecular formula is C13H12N2O2. The molecule has 1 aromatic rings. The highest BCUT2D eigenvalue weighted by molar-refractivity contribution is 5.95. The van der Waals surface area contributed by atoms with Crippen LogP contribution < -0.4 is 5.32 Å². The van der Waals surface area contributed by atoms with Crippen LogP contribution in [0.15, 0.2) is 17.3 Å². The first-order valence-corrected chi connectivity index (χ1v) is 5.61. The lowest BCUT2D eigenvalue weighted by atomic mass is 9.92. The van der Waals surface area contributed by atoms with Gasteiger partial charge in [-0.05, 0) is 35.3 Å². The van der Waals surface area contributed by atoms with E-state index in [4.69, 9.17) is 0 Å². The molecule has 0 saturated carbocycles. The SMILES string of the molecule is O=C(O)c1cc2c(c3c1CC=NC=C3)CCN2. The molecule has 0 fully saturated rings. The maximum Gasteiger partial charge on any atom is 0.336 e. The van der Waals surface area contributed by atoms with Crippen LogP contribution in [-0.2, 0) is 12.8 Å². The van der Waals surface area contributed by atoms with Gasteiger partial charge in [0.15, 0.2) is 0 Å². The van der Waals surface area contributed by atoms with E-state index in [1.54, 1.807) is 18.5 Å². The Kier molecular flexibility index (Phi) is 2.21. The molecule has 0 aliphatic carbocycles. The molecule has 0 bridgehead atoms. The summed E-state index contributed by atoms with van der Waals surface area (Å²) in [6.45, 7) is 0.875. The van der Waals surface area contributed by atoms with E-state index in [2.05, 4.69) is 10.3 Å². The van der Waals surface area contributed by atoms with Crippen molar-refractivity contribution < 1.29 is 9.90 Å². The molecule has 4 heteroatoms. The first-order chi connectivity index (χ1) is 8.27. The molecule has 1 aromatic carbocycles. The zero-order valence-corrected chi connectivity index (χ0v) is 9.23. The van der Waals surface area contributed by atoms with Gasteiger partial charge in [0.1, 0.15) is 0 Å². The number of carbonyl (C=O) groups is 1. The van der Waals surface area contributed by atoms with Gasteiger partial charge in [0, 0.05) is 31.1 Å². The van der Waals surface area contributed by atoms with Crippen molar-refractivity contribution >= 4 is 23.9 Å². The maximum absolute atomic E-state index is 11.3. The Hall–Kier alpha value is -2.10. The van der Waals surface area contributed by atoms with Crippen LogP contribution >= 0.6 is 0 Å². The third kappa shape index (κ3) is 1.53. The minimum atomic E-state index is -0.874. The van der Waals surface area contributed by atoms with Gasteiger partial charge in [0.05, 0.1) is 5.56 Å². The molecule has 2 N–H and O–H groups in total. The summed E-state index contributed by atoms with van der Waals surface area (Å²) >= 11 is 0. The largest absolute Gasteiger partial charge is 0.478 e. The molecule has 0 aromatic heterocycles. The highest BCUT2D eigenvalue weighted by Crippen LogP contribution is 2.33. The van der Waals surface area contributed by atoms with Gasteiger partial charge in [0.25, 0.3) is 0 Å². The van der Waals surface area contributed by atoms with Gasteiger partial charge in [-0.15, -0.1) is 0 Å². The second kappa shape index (κ2) is 3.73. The van der Waals surface area contributed by atoms with E-state index in [9.17, 15) is 9.90 Å². The molecule has 86 valence electrons. The minimum Gasteiger partial charge on any atom is -0.478 e. The van der Waals surface area contributed by atoms with Crippen molar-refractivity contribution in [2.24, 2.45) is 4.99 Å². The van der Waals surface area contributed by atoms with Gasteiger partial charge >= 0.3 is 5.97 Å². The predicted octanol–water partition coefficient (Wildman–Crippen LogP) is 1.95. The van der Waals surface area contributed by atoms with Crippen LogP contribution in [-0.4, -0.2) is 23.8 Å². The number of carboxylic acid groups (broad SMARTS) is 1. The van der Waals surface area contributed by atoms with Crippen LogP contribution in [0.2, 0.25) is 0 Å². The number of aromatic carboxylic acids is 1. The van der Waals surface area contributed by atoms with E-state index in [0.717, 1.165) is 29.8 Å². The number of anilines is 1. The molecule has 0 atom stereocenters. The van der Waals surface area contributed by atoms with Crippen molar-refractivity contribution in [1.82, 2.24) is 0 Å². The predicted molar refractivity (Wildman–Crippen MR) is 66.8 cm³/mol. The summed E-state index contributed by atoms with van der Waals surface area (Å²) in [7, 11) is 0. The number of hydrogen-bond acceptors (Lipinski definition) is 3. The molecule has 3 rings (SSSR count). The molecule has 2 aliphatic heterocycles. The second-order valence-corrected chi connectivity index (χ2v) is 4.18. The molecule has 0 amide bonds. The normalized spacial score (nSPS) is 16.0. The molecule has 0 unspecified atom stereocenters. The van der Waals surface area contributed by atoms with Crippen molar-refractivity contribution in [2.75, 3.05) is 11.9 Å². The van der Waals surface area contributed by atoms with Gasteiger partial charge in [-0.3, -0.25) is 4.99 Å².